The maximum atomic E-state index is 11.4. The fourth-order valence-electron chi connectivity index (χ4n) is 1.44. The number of guanidine groups is 1. The summed E-state index contributed by atoms with van der Waals surface area (Å²) in [5.41, 5.74) is 3.35. The van der Waals surface area contributed by atoms with E-state index < -0.39 is 0 Å². The molecule has 0 aliphatic rings. The van der Waals surface area contributed by atoms with Gasteiger partial charge in [0.1, 0.15) is 0 Å². The van der Waals surface area contributed by atoms with Crippen LogP contribution in [0.2, 0.25) is 0 Å². The Morgan fingerprint density at radius 2 is 2.00 bits per heavy atom. The van der Waals surface area contributed by atoms with Crippen LogP contribution >= 0.6 is 0 Å². The van der Waals surface area contributed by atoms with Gasteiger partial charge in [-0.1, -0.05) is 18.2 Å². The van der Waals surface area contributed by atoms with Crippen LogP contribution in [0.15, 0.2) is 35.3 Å². The minimum Gasteiger partial charge on any atom is -0.354 e. The van der Waals surface area contributed by atoms with E-state index >= 15 is 0 Å². The Hall–Kier alpha value is -2.08. The van der Waals surface area contributed by atoms with Crippen molar-refractivity contribution in [2.75, 3.05) is 11.9 Å². The largest absolute Gasteiger partial charge is 0.354 e. The number of hydrogen-bond acceptors (Lipinski definition) is 3. The Morgan fingerprint density at radius 3 is 2.58 bits per heavy atom. The standard InChI is InChI=1S/C13H21N5O/c1-10(2)16-12(19)8-9-15-13(18-14)17-11-6-4-3-5-7-11/h3-7,10H,8-9,14H2,1-2H3,(H,16,19)(H2,15,17,18). The van der Waals surface area contributed by atoms with Gasteiger partial charge in [0.2, 0.25) is 11.9 Å². The molecule has 6 heteroatoms. The lowest BCUT2D eigenvalue weighted by Crippen LogP contribution is -2.36. The molecule has 19 heavy (non-hydrogen) atoms. The van der Waals surface area contributed by atoms with Crippen LogP contribution in [0.5, 0.6) is 0 Å². The summed E-state index contributed by atoms with van der Waals surface area (Å²) in [5.74, 6) is 5.79. The van der Waals surface area contributed by atoms with E-state index in [0.717, 1.165) is 5.69 Å². The first-order valence-corrected chi connectivity index (χ1v) is 6.24. The molecule has 1 amide bonds. The summed E-state index contributed by atoms with van der Waals surface area (Å²) in [7, 11) is 0. The Bertz CT molecular complexity index is 416. The maximum Gasteiger partial charge on any atom is 0.222 e. The number of nitrogens with zero attached hydrogens (tertiary/aromatic N) is 1. The van der Waals surface area contributed by atoms with Crippen LogP contribution in [0.25, 0.3) is 0 Å². The fourth-order valence-corrected chi connectivity index (χ4v) is 1.44. The van der Waals surface area contributed by atoms with Gasteiger partial charge in [-0.25, -0.2) is 5.84 Å². The molecular formula is C13H21N5O. The topological polar surface area (TPSA) is 91.5 Å². The number of anilines is 1. The van der Waals surface area contributed by atoms with Gasteiger partial charge in [0.25, 0.3) is 0 Å². The third-order valence-electron chi connectivity index (χ3n) is 2.23. The highest BCUT2D eigenvalue weighted by atomic mass is 16.1. The number of amides is 1. The fraction of sp³-hybridized carbons (Fsp3) is 0.385. The van der Waals surface area contributed by atoms with Gasteiger partial charge in [-0.15, -0.1) is 0 Å². The van der Waals surface area contributed by atoms with Crippen LogP contribution in [0, 0.1) is 0 Å². The predicted octanol–water partition coefficient (Wildman–Crippen LogP) is 0.833. The molecule has 0 heterocycles. The number of rotatable bonds is 5. The average molecular weight is 263 g/mol. The summed E-state index contributed by atoms with van der Waals surface area (Å²) in [5, 5.41) is 5.83. The number of hydrazine groups is 1. The highest BCUT2D eigenvalue weighted by molar-refractivity contribution is 5.93. The second kappa shape index (κ2) is 8.10. The molecule has 104 valence electrons. The van der Waals surface area contributed by atoms with E-state index in [-0.39, 0.29) is 11.9 Å². The molecule has 5 N–H and O–H groups in total. The Labute approximate surface area is 113 Å². The molecule has 0 spiro atoms. The van der Waals surface area contributed by atoms with E-state index in [4.69, 9.17) is 5.84 Å². The van der Waals surface area contributed by atoms with E-state index in [2.05, 4.69) is 21.1 Å². The van der Waals surface area contributed by atoms with Gasteiger partial charge in [0.15, 0.2) is 0 Å². The minimum absolute atomic E-state index is 0.0187. The molecule has 0 aliphatic heterocycles. The summed E-state index contributed by atoms with van der Waals surface area (Å²) in [6, 6.07) is 9.69. The maximum absolute atomic E-state index is 11.4. The Morgan fingerprint density at radius 1 is 1.32 bits per heavy atom. The lowest BCUT2D eigenvalue weighted by Gasteiger charge is -2.09. The number of nitrogens with one attached hydrogen (secondary N) is 3. The molecule has 6 nitrogen and oxygen atoms in total. The lowest BCUT2D eigenvalue weighted by molar-refractivity contribution is -0.121. The van der Waals surface area contributed by atoms with Gasteiger partial charge in [-0.2, -0.15) is 0 Å². The summed E-state index contributed by atoms with van der Waals surface area (Å²) in [4.78, 5) is 15.6. The zero-order valence-corrected chi connectivity index (χ0v) is 11.3. The van der Waals surface area contributed by atoms with E-state index in [1.807, 2.05) is 44.2 Å². The molecule has 0 fully saturated rings. The molecule has 0 aliphatic carbocycles. The first-order chi connectivity index (χ1) is 9.11. The molecule has 0 unspecified atom stereocenters. The molecule has 0 saturated carbocycles. The zero-order valence-electron chi connectivity index (χ0n) is 11.3. The first kappa shape index (κ1) is 15.0. The van der Waals surface area contributed by atoms with Gasteiger partial charge in [0.05, 0.1) is 6.54 Å². The minimum atomic E-state index is -0.0187. The third-order valence-corrected chi connectivity index (χ3v) is 2.23. The number of aliphatic imine (C=N–C) groups is 1. The number of carbonyl (C=O) groups excluding carboxylic acids is 1. The molecule has 0 radical (unpaired) electrons. The van der Waals surface area contributed by atoms with Crippen LogP contribution in [-0.2, 0) is 4.79 Å². The summed E-state index contributed by atoms with van der Waals surface area (Å²) >= 11 is 0. The highest BCUT2D eigenvalue weighted by Gasteiger charge is 2.03. The normalized spacial score (nSPS) is 11.3. The van der Waals surface area contributed by atoms with E-state index in [1.54, 1.807) is 0 Å². The monoisotopic (exact) mass is 263 g/mol. The SMILES string of the molecule is CC(C)NC(=O)CCN=C(NN)Nc1ccccc1. The highest BCUT2D eigenvalue weighted by Crippen LogP contribution is 2.04. The van der Waals surface area contributed by atoms with E-state index in [9.17, 15) is 4.79 Å². The van der Waals surface area contributed by atoms with Crippen molar-refractivity contribution in [1.82, 2.24) is 10.7 Å². The van der Waals surface area contributed by atoms with Crippen LogP contribution in [0.4, 0.5) is 5.69 Å². The molecule has 0 saturated heterocycles. The molecule has 1 aromatic rings. The van der Waals surface area contributed by atoms with Crippen LogP contribution in [0.1, 0.15) is 20.3 Å². The van der Waals surface area contributed by atoms with E-state index in [0.29, 0.717) is 18.9 Å². The van der Waals surface area contributed by atoms with Crippen LogP contribution in [-0.4, -0.2) is 24.5 Å². The van der Waals surface area contributed by atoms with Crippen molar-refractivity contribution in [3.8, 4) is 0 Å². The molecule has 1 aromatic carbocycles. The van der Waals surface area contributed by atoms with Gasteiger partial charge < -0.3 is 10.6 Å². The van der Waals surface area contributed by atoms with Crippen molar-refractivity contribution in [3.05, 3.63) is 30.3 Å². The summed E-state index contributed by atoms with van der Waals surface area (Å²) < 4.78 is 0. The Kier molecular flexibility index (Phi) is 6.38. The lowest BCUT2D eigenvalue weighted by atomic mass is 10.3. The third kappa shape index (κ3) is 6.42. The van der Waals surface area contributed by atoms with Crippen molar-refractivity contribution in [1.29, 1.82) is 0 Å². The quantitative estimate of drug-likeness (QED) is 0.274. The molecule has 0 aromatic heterocycles. The predicted molar refractivity (Wildman–Crippen MR) is 77.6 cm³/mol. The smallest absolute Gasteiger partial charge is 0.222 e. The Balaban J connectivity index is 2.42. The number of carbonyl (C=O) groups is 1. The van der Waals surface area contributed by atoms with Gasteiger partial charge in [0, 0.05) is 18.2 Å². The number of hydrogen-bond donors (Lipinski definition) is 4. The van der Waals surface area contributed by atoms with Crippen molar-refractivity contribution in [3.63, 3.8) is 0 Å². The average Bonchev–Trinajstić information content (AvgIpc) is 2.38. The summed E-state index contributed by atoms with van der Waals surface area (Å²) in [6.07, 6.45) is 0.333. The second-order valence-electron chi connectivity index (χ2n) is 4.34. The zero-order chi connectivity index (χ0) is 14.1. The first-order valence-electron chi connectivity index (χ1n) is 6.24. The molecule has 0 atom stereocenters. The van der Waals surface area contributed by atoms with Crippen LogP contribution < -0.4 is 21.9 Å². The van der Waals surface area contributed by atoms with Crippen molar-refractivity contribution >= 4 is 17.6 Å². The number of para-hydroxylation sites is 1. The number of nitrogens with two attached hydrogens (primary N) is 1. The van der Waals surface area contributed by atoms with Crippen molar-refractivity contribution in [2.24, 2.45) is 10.8 Å². The molecule has 0 bridgehead atoms. The number of benzene rings is 1. The van der Waals surface area contributed by atoms with Gasteiger partial charge in [-0.3, -0.25) is 15.2 Å². The van der Waals surface area contributed by atoms with Crippen LogP contribution in [0.3, 0.4) is 0 Å². The summed E-state index contributed by atoms with van der Waals surface area (Å²) in [6.45, 7) is 4.22. The van der Waals surface area contributed by atoms with Crippen molar-refractivity contribution < 1.29 is 4.79 Å². The van der Waals surface area contributed by atoms with Crippen molar-refractivity contribution in [2.45, 2.75) is 26.3 Å². The van der Waals surface area contributed by atoms with Gasteiger partial charge >= 0.3 is 0 Å². The van der Waals surface area contributed by atoms with Gasteiger partial charge in [-0.05, 0) is 26.0 Å². The molecular weight excluding hydrogens is 242 g/mol. The second-order valence-corrected chi connectivity index (χ2v) is 4.34. The molecule has 1 rings (SSSR count). The van der Waals surface area contributed by atoms with E-state index in [1.165, 1.54) is 0 Å².